The molecule has 1 aliphatic rings. The second-order valence-electron chi connectivity index (χ2n) is 4.10. The second kappa shape index (κ2) is 5.81. The minimum Gasteiger partial charge on any atom is -0.481 e. The van der Waals surface area contributed by atoms with E-state index in [2.05, 4.69) is 4.90 Å². The first-order valence-electron chi connectivity index (χ1n) is 5.48. The number of piperazine rings is 1. The van der Waals surface area contributed by atoms with Gasteiger partial charge in [-0.15, -0.1) is 0 Å². The predicted octanol–water partition coefficient (Wildman–Crippen LogP) is -1.05. The van der Waals surface area contributed by atoms with Crippen LogP contribution in [0, 0.1) is 0 Å². The number of carbonyl (C=O) groups excluding carboxylic acids is 1. The van der Waals surface area contributed by atoms with Gasteiger partial charge in [0.1, 0.15) is 0 Å². The molecule has 0 aromatic carbocycles. The number of aliphatic carboxylic acids is 1. The molecule has 6 nitrogen and oxygen atoms in total. The van der Waals surface area contributed by atoms with E-state index in [1.807, 2.05) is 4.90 Å². The third-order valence-corrected chi connectivity index (χ3v) is 3.01. The zero-order chi connectivity index (χ0) is 12.1. The lowest BCUT2D eigenvalue weighted by Gasteiger charge is -2.36. The van der Waals surface area contributed by atoms with Crippen molar-refractivity contribution in [1.29, 1.82) is 0 Å². The Morgan fingerprint density at radius 1 is 1.31 bits per heavy atom. The third kappa shape index (κ3) is 3.79. The number of hydrogen-bond acceptors (Lipinski definition) is 4. The lowest BCUT2D eigenvalue weighted by atomic mass is 10.2. The van der Waals surface area contributed by atoms with Gasteiger partial charge in [0.15, 0.2) is 0 Å². The summed E-state index contributed by atoms with van der Waals surface area (Å²) in [5.74, 6) is -1.08. The third-order valence-electron chi connectivity index (χ3n) is 3.01. The average molecular weight is 229 g/mol. The standard InChI is InChI=1S/C10H19N3O3/c1-8(10(11)16)13-6-4-12(5-7-13)3-2-9(14)15/h8H,2-7H2,1H3,(H2,11,16)(H,14,15). The van der Waals surface area contributed by atoms with Gasteiger partial charge < -0.3 is 15.7 Å². The zero-order valence-corrected chi connectivity index (χ0v) is 9.56. The summed E-state index contributed by atoms with van der Waals surface area (Å²) in [6.45, 7) is 5.51. The second-order valence-corrected chi connectivity index (χ2v) is 4.10. The molecule has 1 aliphatic heterocycles. The van der Waals surface area contributed by atoms with Gasteiger partial charge in [0.05, 0.1) is 12.5 Å². The van der Waals surface area contributed by atoms with Crippen molar-refractivity contribution in [3.8, 4) is 0 Å². The highest BCUT2D eigenvalue weighted by Gasteiger charge is 2.23. The topological polar surface area (TPSA) is 86.9 Å². The average Bonchev–Trinajstić information content (AvgIpc) is 2.26. The normalized spacial score (nSPS) is 20.6. The highest BCUT2D eigenvalue weighted by Crippen LogP contribution is 2.06. The van der Waals surface area contributed by atoms with E-state index < -0.39 is 5.97 Å². The smallest absolute Gasteiger partial charge is 0.304 e. The van der Waals surface area contributed by atoms with Gasteiger partial charge in [-0.25, -0.2) is 0 Å². The maximum Gasteiger partial charge on any atom is 0.304 e. The van der Waals surface area contributed by atoms with E-state index in [1.165, 1.54) is 0 Å². The molecular formula is C10H19N3O3. The summed E-state index contributed by atoms with van der Waals surface area (Å²) < 4.78 is 0. The molecule has 92 valence electrons. The molecule has 1 saturated heterocycles. The molecule has 1 atom stereocenters. The predicted molar refractivity (Wildman–Crippen MR) is 58.9 cm³/mol. The summed E-state index contributed by atoms with van der Waals surface area (Å²) >= 11 is 0. The van der Waals surface area contributed by atoms with Crippen LogP contribution in [-0.2, 0) is 9.59 Å². The molecule has 1 amide bonds. The molecule has 0 radical (unpaired) electrons. The van der Waals surface area contributed by atoms with E-state index in [1.54, 1.807) is 6.92 Å². The van der Waals surface area contributed by atoms with Crippen LogP contribution in [0.4, 0.5) is 0 Å². The van der Waals surface area contributed by atoms with Gasteiger partial charge in [-0.2, -0.15) is 0 Å². The fourth-order valence-corrected chi connectivity index (χ4v) is 1.81. The number of hydrogen-bond donors (Lipinski definition) is 2. The molecule has 0 spiro atoms. The van der Waals surface area contributed by atoms with Crippen molar-refractivity contribution < 1.29 is 14.7 Å². The summed E-state index contributed by atoms with van der Waals surface area (Å²) in [4.78, 5) is 25.5. The van der Waals surface area contributed by atoms with E-state index in [4.69, 9.17) is 10.8 Å². The quantitative estimate of drug-likeness (QED) is 0.628. The zero-order valence-electron chi connectivity index (χ0n) is 9.56. The number of primary amides is 1. The Morgan fingerprint density at radius 2 is 1.88 bits per heavy atom. The fraction of sp³-hybridized carbons (Fsp3) is 0.800. The summed E-state index contributed by atoms with van der Waals surface area (Å²) in [6, 6.07) is -0.235. The van der Waals surface area contributed by atoms with E-state index in [9.17, 15) is 9.59 Å². The molecule has 0 bridgehead atoms. The van der Waals surface area contributed by atoms with Gasteiger partial charge in [-0.05, 0) is 6.92 Å². The van der Waals surface area contributed by atoms with Crippen LogP contribution in [-0.4, -0.2) is 65.5 Å². The minimum atomic E-state index is -0.770. The number of amides is 1. The van der Waals surface area contributed by atoms with Crippen molar-refractivity contribution in [3.05, 3.63) is 0 Å². The summed E-state index contributed by atoms with van der Waals surface area (Å²) in [7, 11) is 0. The maximum atomic E-state index is 11.0. The molecule has 6 heteroatoms. The van der Waals surface area contributed by atoms with Crippen LogP contribution in [0.3, 0.4) is 0 Å². The van der Waals surface area contributed by atoms with Gasteiger partial charge >= 0.3 is 5.97 Å². The Hall–Kier alpha value is -1.14. The number of carboxylic acids is 1. The molecule has 0 aromatic rings. The molecule has 0 aromatic heterocycles. The number of rotatable bonds is 5. The lowest BCUT2D eigenvalue weighted by molar-refractivity contribution is -0.137. The molecular weight excluding hydrogens is 210 g/mol. The molecule has 1 fully saturated rings. The van der Waals surface area contributed by atoms with E-state index in [-0.39, 0.29) is 18.4 Å². The van der Waals surface area contributed by atoms with Crippen molar-refractivity contribution in [2.45, 2.75) is 19.4 Å². The summed E-state index contributed by atoms with van der Waals surface area (Å²) in [5.41, 5.74) is 5.23. The summed E-state index contributed by atoms with van der Waals surface area (Å²) in [6.07, 6.45) is 0.172. The van der Waals surface area contributed by atoms with Gasteiger partial charge in [-0.3, -0.25) is 14.5 Å². The highest BCUT2D eigenvalue weighted by atomic mass is 16.4. The lowest BCUT2D eigenvalue weighted by Crippen LogP contribution is -2.53. The van der Waals surface area contributed by atoms with Crippen LogP contribution in [0.2, 0.25) is 0 Å². The van der Waals surface area contributed by atoms with Crippen molar-refractivity contribution >= 4 is 11.9 Å². The van der Waals surface area contributed by atoms with Gasteiger partial charge in [0.25, 0.3) is 0 Å². The number of carbonyl (C=O) groups is 2. The van der Waals surface area contributed by atoms with E-state index in [0.29, 0.717) is 6.54 Å². The Labute approximate surface area is 95.0 Å². The van der Waals surface area contributed by atoms with Crippen molar-refractivity contribution in [1.82, 2.24) is 9.80 Å². The summed E-state index contributed by atoms with van der Waals surface area (Å²) in [5, 5.41) is 8.56. The van der Waals surface area contributed by atoms with Crippen LogP contribution >= 0.6 is 0 Å². The first kappa shape index (κ1) is 12.9. The Bertz CT molecular complexity index is 262. The number of nitrogens with zero attached hydrogens (tertiary/aromatic N) is 2. The van der Waals surface area contributed by atoms with Crippen LogP contribution in [0.25, 0.3) is 0 Å². The molecule has 1 unspecified atom stereocenters. The first-order chi connectivity index (χ1) is 7.50. The maximum absolute atomic E-state index is 11.0. The SMILES string of the molecule is CC(C(N)=O)N1CCN(CCC(=O)O)CC1. The van der Waals surface area contributed by atoms with Crippen molar-refractivity contribution in [3.63, 3.8) is 0 Å². The molecule has 0 aliphatic carbocycles. The van der Waals surface area contributed by atoms with Gasteiger partial charge in [0, 0.05) is 32.7 Å². The molecule has 16 heavy (non-hydrogen) atoms. The van der Waals surface area contributed by atoms with Gasteiger partial charge in [0.2, 0.25) is 5.91 Å². The van der Waals surface area contributed by atoms with E-state index in [0.717, 1.165) is 26.2 Å². The van der Waals surface area contributed by atoms with Crippen LogP contribution in [0.1, 0.15) is 13.3 Å². The van der Waals surface area contributed by atoms with Crippen molar-refractivity contribution in [2.24, 2.45) is 5.73 Å². The van der Waals surface area contributed by atoms with Crippen LogP contribution in [0.15, 0.2) is 0 Å². The minimum absolute atomic E-state index is 0.172. The molecule has 1 heterocycles. The first-order valence-corrected chi connectivity index (χ1v) is 5.48. The van der Waals surface area contributed by atoms with Gasteiger partial charge in [-0.1, -0.05) is 0 Å². The van der Waals surface area contributed by atoms with Crippen LogP contribution in [0.5, 0.6) is 0 Å². The van der Waals surface area contributed by atoms with Crippen molar-refractivity contribution in [2.75, 3.05) is 32.7 Å². The fourth-order valence-electron chi connectivity index (χ4n) is 1.81. The Balaban J connectivity index is 2.28. The highest BCUT2D eigenvalue weighted by molar-refractivity contribution is 5.79. The number of nitrogens with two attached hydrogens (primary N) is 1. The number of carboxylic acid groups (broad SMARTS) is 1. The Kier molecular flexibility index (Phi) is 4.70. The molecule has 0 saturated carbocycles. The molecule has 3 N–H and O–H groups in total. The molecule has 1 rings (SSSR count). The Morgan fingerprint density at radius 3 is 2.31 bits per heavy atom. The monoisotopic (exact) mass is 229 g/mol. The van der Waals surface area contributed by atoms with Crippen LogP contribution < -0.4 is 5.73 Å². The van der Waals surface area contributed by atoms with E-state index >= 15 is 0 Å². The largest absolute Gasteiger partial charge is 0.481 e.